The van der Waals surface area contributed by atoms with Crippen LogP contribution >= 0.6 is 11.6 Å². The number of benzene rings is 3. The second kappa shape index (κ2) is 8.08. The summed E-state index contributed by atoms with van der Waals surface area (Å²) in [4.78, 5) is 23.3. The van der Waals surface area contributed by atoms with Crippen LogP contribution < -0.4 is 5.43 Å². The molecule has 0 heterocycles. The molecule has 150 valence electrons. The fourth-order valence-corrected chi connectivity index (χ4v) is 4.04. The van der Waals surface area contributed by atoms with Gasteiger partial charge in [-0.1, -0.05) is 78.3 Å². The van der Waals surface area contributed by atoms with Crippen LogP contribution in [-0.4, -0.2) is 17.0 Å². The highest BCUT2D eigenvalue weighted by Gasteiger charge is 2.60. The van der Waals surface area contributed by atoms with Crippen LogP contribution in [0.25, 0.3) is 0 Å². The van der Waals surface area contributed by atoms with E-state index in [0.717, 1.165) is 11.1 Å². The van der Waals surface area contributed by atoms with E-state index in [9.17, 15) is 14.9 Å². The van der Waals surface area contributed by atoms with Crippen molar-refractivity contribution in [1.29, 1.82) is 0 Å². The maximum atomic E-state index is 12.8. The first-order valence-electron chi connectivity index (χ1n) is 9.40. The van der Waals surface area contributed by atoms with Crippen molar-refractivity contribution in [2.24, 2.45) is 11.0 Å². The molecule has 0 aliphatic heterocycles. The monoisotopic (exact) mass is 419 g/mol. The minimum atomic E-state index is -0.559. The molecule has 1 unspecified atom stereocenters. The number of carbonyl (C=O) groups is 1. The molecule has 1 amide bonds. The molecule has 1 N–H and O–H groups in total. The highest BCUT2D eigenvalue weighted by atomic mass is 35.5. The van der Waals surface area contributed by atoms with Crippen LogP contribution in [0.3, 0.4) is 0 Å². The summed E-state index contributed by atoms with van der Waals surface area (Å²) in [7, 11) is 0. The number of nitro groups is 1. The van der Waals surface area contributed by atoms with Gasteiger partial charge in [-0.15, -0.1) is 0 Å². The molecule has 1 aliphatic carbocycles. The Balaban J connectivity index is 1.52. The number of hydrogen-bond donors (Lipinski definition) is 1. The molecule has 7 heteroatoms. The number of halogens is 1. The van der Waals surface area contributed by atoms with E-state index in [1.165, 1.54) is 18.3 Å². The van der Waals surface area contributed by atoms with Crippen molar-refractivity contribution in [3.05, 3.63) is 111 Å². The lowest BCUT2D eigenvalue weighted by Gasteiger charge is -2.18. The topological polar surface area (TPSA) is 84.6 Å². The number of nitrogens with one attached hydrogen (secondary N) is 1. The molecule has 3 aromatic carbocycles. The zero-order valence-corrected chi connectivity index (χ0v) is 16.6. The van der Waals surface area contributed by atoms with Gasteiger partial charge in [0.1, 0.15) is 5.02 Å². The Morgan fingerprint density at radius 1 is 1.07 bits per heavy atom. The molecule has 0 spiro atoms. The lowest BCUT2D eigenvalue weighted by atomic mass is 9.85. The maximum Gasteiger partial charge on any atom is 0.288 e. The number of carbonyl (C=O) groups excluding carboxylic acids is 1. The normalized spacial score (nSPS) is 16.9. The highest BCUT2D eigenvalue weighted by molar-refractivity contribution is 6.32. The fraction of sp³-hybridized carbons (Fsp3) is 0.130. The van der Waals surface area contributed by atoms with Crippen molar-refractivity contribution in [3.8, 4) is 0 Å². The third-order valence-electron chi connectivity index (χ3n) is 5.41. The summed E-state index contributed by atoms with van der Waals surface area (Å²) < 4.78 is 0. The summed E-state index contributed by atoms with van der Waals surface area (Å²) in [5.74, 6) is -0.443. The Kier molecular flexibility index (Phi) is 5.33. The molecular weight excluding hydrogens is 402 g/mol. The number of hydrogen-bond acceptors (Lipinski definition) is 4. The Morgan fingerprint density at radius 3 is 2.23 bits per heavy atom. The quantitative estimate of drug-likeness (QED) is 0.357. The third-order valence-corrected chi connectivity index (χ3v) is 5.73. The van der Waals surface area contributed by atoms with Gasteiger partial charge in [-0.2, -0.15) is 5.10 Å². The van der Waals surface area contributed by atoms with Crippen molar-refractivity contribution < 1.29 is 9.72 Å². The zero-order chi connectivity index (χ0) is 21.1. The summed E-state index contributed by atoms with van der Waals surface area (Å²) in [6, 6.07) is 24.3. The molecule has 0 bridgehead atoms. The summed E-state index contributed by atoms with van der Waals surface area (Å²) in [5.41, 5.74) is 4.65. The molecule has 0 aromatic heterocycles. The standard InChI is InChI=1S/C23H18ClN3O3/c24-20-12-11-16(13-21(20)27(29)30)15-25-26-22(28)19-14-23(19,17-7-3-1-4-8-17)18-9-5-2-6-10-18/h1-13,15,19H,14H2,(H,26,28). The van der Waals surface area contributed by atoms with E-state index in [1.807, 2.05) is 60.7 Å². The maximum absolute atomic E-state index is 12.8. The van der Waals surface area contributed by atoms with E-state index in [0.29, 0.717) is 12.0 Å². The Bertz CT molecular complexity index is 1080. The first-order chi connectivity index (χ1) is 14.5. The van der Waals surface area contributed by atoms with Gasteiger partial charge in [-0.3, -0.25) is 14.9 Å². The number of rotatable bonds is 6. The zero-order valence-electron chi connectivity index (χ0n) is 15.9. The molecule has 1 fully saturated rings. The second-order valence-electron chi connectivity index (χ2n) is 7.16. The molecular formula is C23H18ClN3O3. The van der Waals surface area contributed by atoms with E-state index in [1.54, 1.807) is 6.07 Å². The van der Waals surface area contributed by atoms with Crippen molar-refractivity contribution in [1.82, 2.24) is 5.43 Å². The highest BCUT2D eigenvalue weighted by Crippen LogP contribution is 2.58. The first-order valence-corrected chi connectivity index (χ1v) is 9.78. The van der Waals surface area contributed by atoms with Gasteiger partial charge in [0, 0.05) is 17.0 Å². The smallest absolute Gasteiger partial charge is 0.273 e. The predicted molar refractivity (Wildman–Crippen MR) is 116 cm³/mol. The molecule has 0 radical (unpaired) electrons. The predicted octanol–water partition coefficient (Wildman–Crippen LogP) is 4.70. The van der Waals surface area contributed by atoms with Gasteiger partial charge in [0.2, 0.25) is 5.91 Å². The average molecular weight is 420 g/mol. The Hall–Kier alpha value is -3.51. The first kappa shape index (κ1) is 19.8. The van der Waals surface area contributed by atoms with Crippen molar-refractivity contribution in [2.45, 2.75) is 11.8 Å². The molecule has 3 aromatic rings. The van der Waals surface area contributed by atoms with Crippen LogP contribution in [0.4, 0.5) is 5.69 Å². The van der Waals surface area contributed by atoms with Gasteiger partial charge in [-0.25, -0.2) is 5.43 Å². The van der Waals surface area contributed by atoms with Gasteiger partial charge < -0.3 is 0 Å². The van der Waals surface area contributed by atoms with Crippen molar-refractivity contribution in [2.75, 3.05) is 0 Å². The molecule has 6 nitrogen and oxygen atoms in total. The van der Waals surface area contributed by atoms with Crippen molar-refractivity contribution in [3.63, 3.8) is 0 Å². The van der Waals surface area contributed by atoms with Gasteiger partial charge >= 0.3 is 0 Å². The van der Waals surface area contributed by atoms with Crippen LogP contribution in [0.15, 0.2) is 84.0 Å². The lowest BCUT2D eigenvalue weighted by molar-refractivity contribution is -0.384. The van der Waals surface area contributed by atoms with Crippen LogP contribution in [-0.2, 0) is 10.2 Å². The summed E-state index contributed by atoms with van der Waals surface area (Å²) in [6.45, 7) is 0. The largest absolute Gasteiger partial charge is 0.288 e. The molecule has 0 saturated heterocycles. The molecule has 1 atom stereocenters. The molecule has 30 heavy (non-hydrogen) atoms. The second-order valence-corrected chi connectivity index (χ2v) is 7.57. The number of nitrogens with zero attached hydrogens (tertiary/aromatic N) is 2. The number of hydrazone groups is 1. The SMILES string of the molecule is O=C(NN=Cc1ccc(Cl)c([N+](=O)[O-])c1)C1CC1(c1ccccc1)c1ccccc1. The van der Waals surface area contributed by atoms with Crippen LogP contribution in [0.2, 0.25) is 5.02 Å². The molecule has 1 saturated carbocycles. The fourth-order valence-electron chi connectivity index (χ4n) is 3.85. The van der Waals surface area contributed by atoms with E-state index in [-0.39, 0.29) is 28.0 Å². The minimum absolute atomic E-state index is 0.0506. The lowest BCUT2D eigenvalue weighted by Crippen LogP contribution is -2.25. The Labute approximate surface area is 178 Å². The van der Waals surface area contributed by atoms with Gasteiger partial charge in [0.25, 0.3) is 5.69 Å². The van der Waals surface area contributed by atoms with Crippen LogP contribution in [0.5, 0.6) is 0 Å². The average Bonchev–Trinajstić information content (AvgIpc) is 3.53. The van der Waals surface area contributed by atoms with Crippen LogP contribution in [0.1, 0.15) is 23.1 Å². The van der Waals surface area contributed by atoms with Crippen LogP contribution in [0, 0.1) is 16.0 Å². The van der Waals surface area contributed by atoms with E-state index >= 15 is 0 Å². The van der Waals surface area contributed by atoms with E-state index in [4.69, 9.17) is 11.6 Å². The molecule has 1 aliphatic rings. The Morgan fingerprint density at radius 2 is 1.67 bits per heavy atom. The van der Waals surface area contributed by atoms with Gasteiger partial charge in [0.05, 0.1) is 17.1 Å². The van der Waals surface area contributed by atoms with Gasteiger partial charge in [0.15, 0.2) is 0 Å². The summed E-state index contributed by atoms with van der Waals surface area (Å²) in [6.07, 6.45) is 2.06. The number of nitro benzene ring substituents is 1. The summed E-state index contributed by atoms with van der Waals surface area (Å²) >= 11 is 5.82. The minimum Gasteiger partial charge on any atom is -0.273 e. The van der Waals surface area contributed by atoms with Crippen molar-refractivity contribution >= 4 is 29.4 Å². The van der Waals surface area contributed by atoms with Gasteiger partial charge in [-0.05, 0) is 23.6 Å². The third kappa shape index (κ3) is 3.69. The molecule has 4 rings (SSSR count). The summed E-state index contributed by atoms with van der Waals surface area (Å²) in [5, 5.41) is 15.0. The number of amides is 1. The van der Waals surface area contributed by atoms with E-state index in [2.05, 4.69) is 10.5 Å². The van der Waals surface area contributed by atoms with E-state index < -0.39 is 4.92 Å².